The summed E-state index contributed by atoms with van der Waals surface area (Å²) in [6.07, 6.45) is 6.64. The van der Waals surface area contributed by atoms with Gasteiger partial charge in [0.15, 0.2) is 11.5 Å². The Labute approximate surface area is 115 Å². The van der Waals surface area contributed by atoms with Gasteiger partial charge in [0.05, 0.1) is 14.2 Å². The third kappa shape index (κ3) is 2.32. The van der Waals surface area contributed by atoms with Crippen LogP contribution in [0.2, 0.25) is 0 Å². The maximum Gasteiger partial charge on any atom is 0.164 e. The minimum Gasteiger partial charge on any atom is -0.493 e. The molecule has 1 aromatic rings. The Balaban J connectivity index is 1.85. The third-order valence-electron chi connectivity index (χ3n) is 4.61. The average molecular weight is 261 g/mol. The number of fused-ring (bicyclic) bond motifs is 1. The SMILES string of the molecule is COc1ccc2c(c1OC)CCN(C1CCCC1)C2. The molecule has 0 spiro atoms. The number of hydrogen-bond acceptors (Lipinski definition) is 3. The monoisotopic (exact) mass is 261 g/mol. The molecule has 104 valence electrons. The summed E-state index contributed by atoms with van der Waals surface area (Å²) in [4.78, 5) is 2.65. The van der Waals surface area contributed by atoms with Crippen molar-refractivity contribution in [3.63, 3.8) is 0 Å². The molecule has 3 nitrogen and oxygen atoms in total. The second kappa shape index (κ2) is 5.41. The van der Waals surface area contributed by atoms with Gasteiger partial charge in [0, 0.05) is 24.7 Å². The molecule has 1 saturated carbocycles. The first-order chi connectivity index (χ1) is 9.33. The van der Waals surface area contributed by atoms with Gasteiger partial charge in [-0.3, -0.25) is 4.90 Å². The third-order valence-corrected chi connectivity index (χ3v) is 4.61. The molecule has 3 heteroatoms. The first-order valence-corrected chi connectivity index (χ1v) is 7.30. The summed E-state index contributed by atoms with van der Waals surface area (Å²) in [5.41, 5.74) is 2.76. The van der Waals surface area contributed by atoms with Crippen molar-refractivity contribution in [1.29, 1.82) is 0 Å². The molecule has 0 radical (unpaired) electrons. The first-order valence-electron chi connectivity index (χ1n) is 7.30. The summed E-state index contributed by atoms with van der Waals surface area (Å²) in [5.74, 6) is 1.79. The van der Waals surface area contributed by atoms with E-state index in [0.29, 0.717) is 0 Å². The highest BCUT2D eigenvalue weighted by Crippen LogP contribution is 2.37. The minimum absolute atomic E-state index is 0.807. The van der Waals surface area contributed by atoms with E-state index in [2.05, 4.69) is 11.0 Å². The molecule has 0 amide bonds. The van der Waals surface area contributed by atoms with Gasteiger partial charge in [-0.05, 0) is 30.9 Å². The molecule has 1 aliphatic carbocycles. The van der Waals surface area contributed by atoms with Gasteiger partial charge < -0.3 is 9.47 Å². The second-order valence-corrected chi connectivity index (χ2v) is 5.60. The van der Waals surface area contributed by atoms with Crippen LogP contribution in [0.15, 0.2) is 12.1 Å². The molecule has 1 aromatic carbocycles. The smallest absolute Gasteiger partial charge is 0.164 e. The summed E-state index contributed by atoms with van der Waals surface area (Å²) < 4.78 is 10.9. The van der Waals surface area contributed by atoms with E-state index < -0.39 is 0 Å². The zero-order chi connectivity index (χ0) is 13.2. The Morgan fingerprint density at radius 1 is 1.11 bits per heavy atom. The van der Waals surface area contributed by atoms with Crippen molar-refractivity contribution in [3.05, 3.63) is 23.3 Å². The molecule has 1 aliphatic heterocycles. The minimum atomic E-state index is 0.807. The van der Waals surface area contributed by atoms with Crippen molar-refractivity contribution >= 4 is 0 Å². The van der Waals surface area contributed by atoms with Gasteiger partial charge in [0.2, 0.25) is 0 Å². The lowest BCUT2D eigenvalue weighted by Gasteiger charge is -2.34. The van der Waals surface area contributed by atoms with E-state index in [1.807, 2.05) is 6.07 Å². The normalized spacial score (nSPS) is 20.3. The van der Waals surface area contributed by atoms with E-state index in [1.165, 1.54) is 36.8 Å². The van der Waals surface area contributed by atoms with E-state index in [9.17, 15) is 0 Å². The molecular weight excluding hydrogens is 238 g/mol. The topological polar surface area (TPSA) is 21.7 Å². The predicted octanol–water partition coefficient (Wildman–Crippen LogP) is 3.00. The highest BCUT2D eigenvalue weighted by molar-refractivity contribution is 5.51. The number of methoxy groups -OCH3 is 2. The van der Waals surface area contributed by atoms with E-state index >= 15 is 0 Å². The van der Waals surface area contributed by atoms with E-state index in [-0.39, 0.29) is 0 Å². The lowest BCUT2D eigenvalue weighted by molar-refractivity contribution is 0.179. The molecule has 0 unspecified atom stereocenters. The Kier molecular flexibility index (Phi) is 3.65. The molecule has 2 aliphatic rings. The van der Waals surface area contributed by atoms with Gasteiger partial charge in [0.25, 0.3) is 0 Å². The van der Waals surface area contributed by atoms with Gasteiger partial charge in [-0.15, -0.1) is 0 Å². The van der Waals surface area contributed by atoms with Crippen molar-refractivity contribution in [2.75, 3.05) is 20.8 Å². The molecule has 19 heavy (non-hydrogen) atoms. The average Bonchev–Trinajstić information content (AvgIpc) is 2.99. The molecule has 0 N–H and O–H groups in total. The van der Waals surface area contributed by atoms with Gasteiger partial charge in [-0.1, -0.05) is 18.9 Å². The van der Waals surface area contributed by atoms with E-state index in [1.54, 1.807) is 14.2 Å². The fourth-order valence-corrected chi connectivity index (χ4v) is 3.59. The standard InChI is InChI=1S/C16H23NO2/c1-18-15-8-7-12-11-17(13-5-3-4-6-13)10-9-14(12)16(15)19-2/h7-8,13H,3-6,9-11H2,1-2H3. The molecule has 0 bridgehead atoms. The van der Waals surface area contributed by atoms with Crippen LogP contribution >= 0.6 is 0 Å². The van der Waals surface area contributed by atoms with Crippen LogP contribution in [0.25, 0.3) is 0 Å². The summed E-state index contributed by atoms with van der Waals surface area (Å²) in [6.45, 7) is 2.22. The second-order valence-electron chi connectivity index (χ2n) is 5.60. The van der Waals surface area contributed by atoms with Gasteiger partial charge in [-0.2, -0.15) is 0 Å². The van der Waals surface area contributed by atoms with Crippen molar-refractivity contribution < 1.29 is 9.47 Å². The zero-order valence-electron chi connectivity index (χ0n) is 11.9. The van der Waals surface area contributed by atoms with Gasteiger partial charge >= 0.3 is 0 Å². The van der Waals surface area contributed by atoms with E-state index in [4.69, 9.17) is 9.47 Å². The summed E-state index contributed by atoms with van der Waals surface area (Å²) >= 11 is 0. The van der Waals surface area contributed by atoms with Crippen molar-refractivity contribution in [2.45, 2.75) is 44.7 Å². The van der Waals surface area contributed by atoms with Crippen LogP contribution in [0.1, 0.15) is 36.8 Å². The molecular formula is C16H23NO2. The molecule has 3 rings (SSSR count). The van der Waals surface area contributed by atoms with Gasteiger partial charge in [0.1, 0.15) is 0 Å². The quantitative estimate of drug-likeness (QED) is 0.835. The van der Waals surface area contributed by atoms with Crippen LogP contribution in [0.4, 0.5) is 0 Å². The number of nitrogens with zero attached hydrogens (tertiary/aromatic N) is 1. The molecule has 0 saturated heterocycles. The van der Waals surface area contributed by atoms with Crippen LogP contribution in [-0.2, 0) is 13.0 Å². The maximum atomic E-state index is 5.55. The fraction of sp³-hybridized carbons (Fsp3) is 0.625. The van der Waals surface area contributed by atoms with Crippen LogP contribution < -0.4 is 9.47 Å². The summed E-state index contributed by atoms with van der Waals surface area (Å²) in [7, 11) is 3.44. The van der Waals surface area contributed by atoms with Crippen molar-refractivity contribution in [2.24, 2.45) is 0 Å². The number of rotatable bonds is 3. The number of ether oxygens (including phenoxy) is 2. The maximum absolute atomic E-state index is 5.55. The van der Waals surface area contributed by atoms with Crippen LogP contribution in [-0.4, -0.2) is 31.7 Å². The molecule has 1 fully saturated rings. The van der Waals surface area contributed by atoms with Crippen LogP contribution in [0.5, 0.6) is 11.5 Å². The number of benzene rings is 1. The fourth-order valence-electron chi connectivity index (χ4n) is 3.59. The van der Waals surface area contributed by atoms with E-state index in [0.717, 1.165) is 37.1 Å². The van der Waals surface area contributed by atoms with Gasteiger partial charge in [-0.25, -0.2) is 0 Å². The lowest BCUT2D eigenvalue weighted by Crippen LogP contribution is -2.37. The van der Waals surface area contributed by atoms with Crippen LogP contribution in [0, 0.1) is 0 Å². The highest BCUT2D eigenvalue weighted by atomic mass is 16.5. The Bertz CT molecular complexity index is 452. The Hall–Kier alpha value is -1.22. The Morgan fingerprint density at radius 3 is 2.58 bits per heavy atom. The predicted molar refractivity (Wildman–Crippen MR) is 75.9 cm³/mol. The Morgan fingerprint density at radius 2 is 1.89 bits per heavy atom. The highest BCUT2D eigenvalue weighted by Gasteiger charge is 2.28. The lowest BCUT2D eigenvalue weighted by atomic mass is 9.96. The summed E-state index contributed by atoms with van der Waals surface area (Å²) in [6, 6.07) is 5.05. The first kappa shape index (κ1) is 12.8. The van der Waals surface area contributed by atoms with Crippen molar-refractivity contribution in [3.8, 4) is 11.5 Å². The zero-order valence-corrected chi connectivity index (χ0v) is 11.9. The van der Waals surface area contributed by atoms with Crippen LogP contribution in [0.3, 0.4) is 0 Å². The van der Waals surface area contributed by atoms with Crippen molar-refractivity contribution in [1.82, 2.24) is 4.90 Å². The molecule has 0 atom stereocenters. The molecule has 0 aromatic heterocycles. The summed E-state index contributed by atoms with van der Waals surface area (Å²) in [5, 5.41) is 0. The molecule has 1 heterocycles. The number of hydrogen-bond donors (Lipinski definition) is 0. The largest absolute Gasteiger partial charge is 0.493 e.